The van der Waals surface area contributed by atoms with Crippen LogP contribution in [-0.4, -0.2) is 5.78 Å². The van der Waals surface area contributed by atoms with E-state index in [0.29, 0.717) is 4.47 Å². The highest BCUT2D eigenvalue weighted by Gasteiger charge is 2.21. The van der Waals surface area contributed by atoms with Gasteiger partial charge in [-0.1, -0.05) is 22.0 Å². The Morgan fingerprint density at radius 3 is 2.26 bits per heavy atom. The van der Waals surface area contributed by atoms with Crippen LogP contribution in [0.2, 0.25) is 0 Å². The SMILES string of the molecule is Cc1ccc(C(=O)c2ccc(F)c(F)c2F)c(Br)c1. The molecule has 0 fully saturated rings. The van der Waals surface area contributed by atoms with E-state index in [-0.39, 0.29) is 5.56 Å². The largest absolute Gasteiger partial charge is 0.288 e. The second kappa shape index (κ2) is 5.17. The topological polar surface area (TPSA) is 17.1 Å². The van der Waals surface area contributed by atoms with Gasteiger partial charge in [0.15, 0.2) is 23.2 Å². The van der Waals surface area contributed by atoms with Crippen molar-refractivity contribution in [2.75, 3.05) is 0 Å². The number of hydrogen-bond acceptors (Lipinski definition) is 1. The quantitative estimate of drug-likeness (QED) is 0.589. The van der Waals surface area contributed by atoms with Crippen LogP contribution in [0.25, 0.3) is 0 Å². The monoisotopic (exact) mass is 328 g/mol. The first-order valence-electron chi connectivity index (χ1n) is 5.36. The number of carbonyl (C=O) groups is 1. The molecule has 0 aliphatic carbocycles. The Morgan fingerprint density at radius 2 is 1.63 bits per heavy atom. The Bertz CT molecular complexity index is 668. The molecule has 1 nitrogen and oxygen atoms in total. The molecule has 5 heteroatoms. The van der Waals surface area contributed by atoms with Crippen LogP contribution in [0.1, 0.15) is 21.5 Å². The van der Waals surface area contributed by atoms with Gasteiger partial charge in [-0.05, 0) is 36.8 Å². The normalized spacial score (nSPS) is 10.6. The fraction of sp³-hybridized carbons (Fsp3) is 0.0714. The molecule has 19 heavy (non-hydrogen) atoms. The van der Waals surface area contributed by atoms with E-state index in [1.807, 2.05) is 6.92 Å². The van der Waals surface area contributed by atoms with Gasteiger partial charge in [-0.15, -0.1) is 0 Å². The summed E-state index contributed by atoms with van der Waals surface area (Å²) in [7, 11) is 0. The molecule has 0 aliphatic heterocycles. The van der Waals surface area contributed by atoms with Crippen molar-refractivity contribution in [2.45, 2.75) is 6.92 Å². The molecule has 0 atom stereocenters. The molecule has 0 aliphatic rings. The second-order valence-corrected chi connectivity index (χ2v) is 4.89. The highest BCUT2D eigenvalue weighted by molar-refractivity contribution is 9.10. The van der Waals surface area contributed by atoms with Crippen molar-refractivity contribution in [3.8, 4) is 0 Å². The Morgan fingerprint density at radius 1 is 1.00 bits per heavy atom. The number of aryl methyl sites for hydroxylation is 1. The van der Waals surface area contributed by atoms with E-state index in [9.17, 15) is 18.0 Å². The lowest BCUT2D eigenvalue weighted by atomic mass is 10.0. The van der Waals surface area contributed by atoms with Crippen molar-refractivity contribution in [3.63, 3.8) is 0 Å². The molecule has 0 bridgehead atoms. The lowest BCUT2D eigenvalue weighted by Crippen LogP contribution is -2.08. The minimum Gasteiger partial charge on any atom is -0.288 e. The third-order valence-corrected chi connectivity index (χ3v) is 3.31. The Labute approximate surface area is 116 Å². The lowest BCUT2D eigenvalue weighted by molar-refractivity contribution is 0.103. The van der Waals surface area contributed by atoms with E-state index < -0.39 is 28.8 Å². The fourth-order valence-corrected chi connectivity index (χ4v) is 2.32. The maximum atomic E-state index is 13.6. The number of hydrogen-bond donors (Lipinski definition) is 0. The highest BCUT2D eigenvalue weighted by Crippen LogP contribution is 2.24. The smallest absolute Gasteiger partial charge is 0.197 e. The van der Waals surface area contributed by atoms with Gasteiger partial charge in [0.25, 0.3) is 0 Å². The molecule has 98 valence electrons. The van der Waals surface area contributed by atoms with Gasteiger partial charge in [0.1, 0.15) is 0 Å². The second-order valence-electron chi connectivity index (χ2n) is 4.04. The summed E-state index contributed by atoms with van der Waals surface area (Å²) in [6, 6.07) is 6.53. The Hall–Kier alpha value is -1.62. The van der Waals surface area contributed by atoms with E-state index in [1.54, 1.807) is 12.1 Å². The summed E-state index contributed by atoms with van der Waals surface area (Å²) in [4.78, 5) is 12.1. The number of carbonyl (C=O) groups excluding carboxylic acids is 1. The zero-order valence-electron chi connectivity index (χ0n) is 9.81. The van der Waals surface area contributed by atoms with Crippen molar-refractivity contribution in [1.82, 2.24) is 0 Å². The van der Waals surface area contributed by atoms with Crippen molar-refractivity contribution < 1.29 is 18.0 Å². The minimum absolute atomic E-state index is 0.190. The van der Waals surface area contributed by atoms with Gasteiger partial charge < -0.3 is 0 Å². The van der Waals surface area contributed by atoms with Gasteiger partial charge in [-0.2, -0.15) is 0 Å². The van der Waals surface area contributed by atoms with Crippen molar-refractivity contribution in [2.24, 2.45) is 0 Å². The number of benzene rings is 2. The predicted octanol–water partition coefficient (Wildman–Crippen LogP) is 4.41. The molecule has 0 N–H and O–H groups in total. The molecule has 0 saturated heterocycles. The molecular formula is C14H8BrF3O. The van der Waals surface area contributed by atoms with Crippen LogP contribution in [0.5, 0.6) is 0 Å². The molecule has 0 unspecified atom stereocenters. The average molecular weight is 329 g/mol. The molecule has 0 spiro atoms. The van der Waals surface area contributed by atoms with Crippen LogP contribution in [0, 0.1) is 24.4 Å². The summed E-state index contributed by atoms with van der Waals surface area (Å²) in [5.74, 6) is -5.15. The summed E-state index contributed by atoms with van der Waals surface area (Å²) in [6.07, 6.45) is 0. The van der Waals surface area contributed by atoms with Crippen LogP contribution < -0.4 is 0 Å². The fourth-order valence-electron chi connectivity index (χ4n) is 1.65. The Kier molecular flexibility index (Phi) is 3.75. The third-order valence-electron chi connectivity index (χ3n) is 2.65. The maximum absolute atomic E-state index is 13.6. The molecule has 2 aromatic carbocycles. The molecule has 2 rings (SSSR count). The van der Waals surface area contributed by atoms with E-state index in [4.69, 9.17) is 0 Å². The summed E-state index contributed by atoms with van der Waals surface area (Å²) in [5, 5.41) is 0. The molecule has 0 aromatic heterocycles. The summed E-state index contributed by atoms with van der Waals surface area (Å²) < 4.78 is 40.0. The summed E-state index contributed by atoms with van der Waals surface area (Å²) in [5.41, 5.74) is 0.605. The van der Waals surface area contributed by atoms with Crippen LogP contribution in [0.3, 0.4) is 0 Å². The number of rotatable bonds is 2. The first-order chi connectivity index (χ1) is 8.91. The highest BCUT2D eigenvalue weighted by atomic mass is 79.9. The van der Waals surface area contributed by atoms with Crippen molar-refractivity contribution >= 4 is 21.7 Å². The molecule has 2 aromatic rings. The Balaban J connectivity index is 2.53. The minimum atomic E-state index is -1.64. The molecule has 0 amide bonds. The van der Waals surface area contributed by atoms with Gasteiger partial charge in [-0.25, -0.2) is 13.2 Å². The summed E-state index contributed by atoms with van der Waals surface area (Å²) in [6.45, 7) is 1.83. The van der Waals surface area contributed by atoms with Crippen LogP contribution in [0.4, 0.5) is 13.2 Å². The molecule has 0 saturated carbocycles. The first kappa shape index (κ1) is 13.8. The zero-order chi connectivity index (χ0) is 14.2. The standard InChI is InChI=1S/C14H8BrF3O/c1-7-2-3-8(10(15)6-7)14(19)9-4-5-11(16)13(18)12(9)17/h2-6H,1H3. The lowest BCUT2D eigenvalue weighted by Gasteiger charge is -2.07. The van der Waals surface area contributed by atoms with E-state index in [0.717, 1.165) is 17.7 Å². The average Bonchev–Trinajstić information content (AvgIpc) is 2.35. The van der Waals surface area contributed by atoms with Gasteiger partial charge in [0.05, 0.1) is 5.56 Å². The van der Waals surface area contributed by atoms with Gasteiger partial charge in [0.2, 0.25) is 0 Å². The van der Waals surface area contributed by atoms with Crippen LogP contribution in [0.15, 0.2) is 34.8 Å². The molecule has 0 heterocycles. The predicted molar refractivity (Wildman–Crippen MR) is 68.6 cm³/mol. The van der Waals surface area contributed by atoms with E-state index in [2.05, 4.69) is 15.9 Å². The number of halogens is 4. The summed E-state index contributed by atoms with van der Waals surface area (Å²) >= 11 is 3.19. The zero-order valence-corrected chi connectivity index (χ0v) is 11.4. The van der Waals surface area contributed by atoms with Crippen LogP contribution >= 0.6 is 15.9 Å². The molecule has 0 radical (unpaired) electrons. The van der Waals surface area contributed by atoms with Crippen molar-refractivity contribution in [3.05, 3.63) is 68.9 Å². The van der Waals surface area contributed by atoms with Crippen LogP contribution in [-0.2, 0) is 0 Å². The van der Waals surface area contributed by atoms with Crippen molar-refractivity contribution in [1.29, 1.82) is 0 Å². The third kappa shape index (κ3) is 2.56. The first-order valence-corrected chi connectivity index (χ1v) is 6.15. The van der Waals surface area contributed by atoms with Gasteiger partial charge in [0, 0.05) is 10.0 Å². The maximum Gasteiger partial charge on any atom is 0.197 e. The van der Waals surface area contributed by atoms with E-state index >= 15 is 0 Å². The van der Waals surface area contributed by atoms with E-state index in [1.165, 1.54) is 6.07 Å². The molecular weight excluding hydrogens is 321 g/mol. The number of ketones is 1. The van der Waals surface area contributed by atoms with Gasteiger partial charge in [-0.3, -0.25) is 4.79 Å². The van der Waals surface area contributed by atoms with Gasteiger partial charge >= 0.3 is 0 Å².